The molecule has 122 valence electrons. The van der Waals surface area contributed by atoms with Gasteiger partial charge in [-0.25, -0.2) is 0 Å². The molecule has 0 spiro atoms. The van der Waals surface area contributed by atoms with Crippen molar-refractivity contribution in [2.45, 2.75) is 70.9 Å². The number of hydrogen-bond donors (Lipinski definition) is 2. The number of carbonyl (C=O) groups is 1. The highest BCUT2D eigenvalue weighted by Crippen LogP contribution is 2.29. The average molecular weight is 295 g/mol. The van der Waals surface area contributed by atoms with Crippen LogP contribution < -0.4 is 11.1 Å². The summed E-state index contributed by atoms with van der Waals surface area (Å²) >= 11 is 0. The van der Waals surface area contributed by atoms with Crippen LogP contribution in [-0.2, 0) is 4.79 Å². The van der Waals surface area contributed by atoms with Crippen LogP contribution in [0.2, 0.25) is 0 Å². The van der Waals surface area contributed by atoms with Gasteiger partial charge < -0.3 is 11.1 Å². The summed E-state index contributed by atoms with van der Waals surface area (Å²) < 4.78 is 0. The van der Waals surface area contributed by atoms with Crippen molar-refractivity contribution in [3.8, 4) is 0 Å². The molecular formula is C17H33N3O. The van der Waals surface area contributed by atoms with Gasteiger partial charge in [0.25, 0.3) is 0 Å². The molecule has 1 saturated carbocycles. The van der Waals surface area contributed by atoms with Gasteiger partial charge in [-0.1, -0.05) is 26.7 Å². The highest BCUT2D eigenvalue weighted by atomic mass is 16.1. The van der Waals surface area contributed by atoms with E-state index in [0.29, 0.717) is 18.6 Å². The Morgan fingerprint density at radius 3 is 2.38 bits per heavy atom. The van der Waals surface area contributed by atoms with E-state index in [-0.39, 0.29) is 5.91 Å². The fourth-order valence-corrected chi connectivity index (χ4v) is 3.98. The van der Waals surface area contributed by atoms with Crippen molar-refractivity contribution >= 4 is 5.91 Å². The highest BCUT2D eigenvalue weighted by Gasteiger charge is 2.25. The minimum absolute atomic E-state index is 0.204. The van der Waals surface area contributed by atoms with Gasteiger partial charge in [0.1, 0.15) is 0 Å². The van der Waals surface area contributed by atoms with E-state index in [9.17, 15) is 4.79 Å². The predicted octanol–water partition coefficient (Wildman–Crippen LogP) is 2.13. The lowest BCUT2D eigenvalue weighted by atomic mass is 9.89. The number of piperidine rings is 1. The fourth-order valence-electron chi connectivity index (χ4n) is 3.98. The summed E-state index contributed by atoms with van der Waals surface area (Å²) in [7, 11) is 0. The molecule has 21 heavy (non-hydrogen) atoms. The van der Waals surface area contributed by atoms with Crippen LogP contribution in [0.3, 0.4) is 0 Å². The number of rotatable bonds is 5. The number of hydrogen-bond acceptors (Lipinski definition) is 3. The molecule has 4 nitrogen and oxygen atoms in total. The van der Waals surface area contributed by atoms with Gasteiger partial charge in [-0.05, 0) is 43.9 Å². The molecule has 0 radical (unpaired) electrons. The Kier molecular flexibility index (Phi) is 6.49. The Bertz CT molecular complexity index is 324. The molecule has 1 heterocycles. The van der Waals surface area contributed by atoms with E-state index in [4.69, 9.17) is 5.73 Å². The molecule has 2 fully saturated rings. The quantitative estimate of drug-likeness (QED) is 0.764. The lowest BCUT2D eigenvalue weighted by Gasteiger charge is -2.34. The van der Waals surface area contributed by atoms with Gasteiger partial charge in [0.2, 0.25) is 5.91 Å². The number of nitrogens with one attached hydrogen (secondary N) is 1. The average Bonchev–Trinajstić information content (AvgIpc) is 2.66. The molecule has 0 aromatic heterocycles. The number of primary amides is 1. The molecule has 2 aliphatic rings. The van der Waals surface area contributed by atoms with Crippen molar-refractivity contribution in [3.05, 3.63) is 0 Å². The Labute approximate surface area is 129 Å². The molecule has 1 aliphatic carbocycles. The summed E-state index contributed by atoms with van der Waals surface area (Å²) in [6.07, 6.45) is 9.15. The van der Waals surface area contributed by atoms with Crippen molar-refractivity contribution in [1.82, 2.24) is 10.2 Å². The van der Waals surface area contributed by atoms with Crippen LogP contribution in [0.25, 0.3) is 0 Å². The molecule has 1 amide bonds. The highest BCUT2D eigenvalue weighted by molar-refractivity contribution is 5.75. The van der Waals surface area contributed by atoms with Gasteiger partial charge in [0, 0.05) is 25.2 Å². The summed E-state index contributed by atoms with van der Waals surface area (Å²) in [6, 6.07) is 1.34. The van der Waals surface area contributed by atoms with Crippen molar-refractivity contribution in [1.29, 1.82) is 0 Å². The minimum Gasteiger partial charge on any atom is -0.369 e. The standard InChI is InChI=1S/C17H33N3O/c1-13(2)14-4-3-5-15(7-6-14)19-16-8-10-20(11-9-16)12-17(18)21/h13-16,19H,3-12H2,1-2H3,(H2,18,21). The van der Waals surface area contributed by atoms with Crippen LogP contribution in [0.1, 0.15) is 58.8 Å². The van der Waals surface area contributed by atoms with Crippen LogP contribution in [-0.4, -0.2) is 42.5 Å². The Hall–Kier alpha value is -0.610. The van der Waals surface area contributed by atoms with Crippen LogP contribution in [0.15, 0.2) is 0 Å². The molecule has 0 bridgehead atoms. The summed E-state index contributed by atoms with van der Waals surface area (Å²) in [5.41, 5.74) is 5.27. The van der Waals surface area contributed by atoms with E-state index in [2.05, 4.69) is 24.1 Å². The van der Waals surface area contributed by atoms with Gasteiger partial charge in [-0.2, -0.15) is 0 Å². The minimum atomic E-state index is -0.204. The number of nitrogens with zero attached hydrogens (tertiary/aromatic N) is 1. The molecule has 1 aliphatic heterocycles. The summed E-state index contributed by atoms with van der Waals surface area (Å²) in [5.74, 6) is 1.56. The van der Waals surface area contributed by atoms with Gasteiger partial charge in [0.15, 0.2) is 0 Å². The van der Waals surface area contributed by atoms with Crippen LogP contribution >= 0.6 is 0 Å². The molecule has 4 heteroatoms. The van der Waals surface area contributed by atoms with Crippen LogP contribution in [0.4, 0.5) is 0 Å². The summed E-state index contributed by atoms with van der Waals surface area (Å²) in [4.78, 5) is 13.1. The van der Waals surface area contributed by atoms with Gasteiger partial charge in [-0.15, -0.1) is 0 Å². The monoisotopic (exact) mass is 295 g/mol. The first-order valence-corrected chi connectivity index (χ1v) is 8.81. The van der Waals surface area contributed by atoms with E-state index in [0.717, 1.165) is 37.8 Å². The number of nitrogens with two attached hydrogens (primary N) is 1. The van der Waals surface area contributed by atoms with Crippen molar-refractivity contribution < 1.29 is 4.79 Å². The SMILES string of the molecule is CC(C)C1CCCC(NC2CCN(CC(N)=O)CC2)CC1. The fraction of sp³-hybridized carbons (Fsp3) is 0.941. The Balaban J connectivity index is 1.70. The lowest BCUT2D eigenvalue weighted by Crippen LogP contribution is -2.47. The van der Waals surface area contributed by atoms with Gasteiger partial charge in [-0.3, -0.25) is 9.69 Å². The molecule has 0 aromatic rings. The van der Waals surface area contributed by atoms with Crippen molar-refractivity contribution in [2.75, 3.05) is 19.6 Å². The first-order chi connectivity index (χ1) is 10.0. The number of likely N-dealkylation sites (tertiary alicyclic amines) is 1. The molecule has 2 unspecified atom stereocenters. The maximum absolute atomic E-state index is 11.0. The normalized spacial score (nSPS) is 29.5. The van der Waals surface area contributed by atoms with E-state index in [1.165, 1.54) is 32.1 Å². The third-order valence-electron chi connectivity index (χ3n) is 5.39. The summed E-state index contributed by atoms with van der Waals surface area (Å²) in [5, 5.41) is 3.89. The largest absolute Gasteiger partial charge is 0.369 e. The zero-order valence-corrected chi connectivity index (χ0v) is 13.8. The molecule has 2 rings (SSSR count). The molecule has 1 saturated heterocycles. The lowest BCUT2D eigenvalue weighted by molar-refractivity contribution is -0.119. The maximum atomic E-state index is 11.0. The number of amides is 1. The zero-order chi connectivity index (χ0) is 15.2. The Morgan fingerprint density at radius 1 is 1.10 bits per heavy atom. The van der Waals surface area contributed by atoms with E-state index < -0.39 is 0 Å². The van der Waals surface area contributed by atoms with E-state index >= 15 is 0 Å². The first-order valence-electron chi connectivity index (χ1n) is 8.81. The van der Waals surface area contributed by atoms with Crippen molar-refractivity contribution in [3.63, 3.8) is 0 Å². The van der Waals surface area contributed by atoms with Crippen LogP contribution in [0, 0.1) is 11.8 Å². The van der Waals surface area contributed by atoms with Crippen LogP contribution in [0.5, 0.6) is 0 Å². The molecular weight excluding hydrogens is 262 g/mol. The van der Waals surface area contributed by atoms with E-state index in [1.54, 1.807) is 0 Å². The molecule has 2 atom stereocenters. The van der Waals surface area contributed by atoms with E-state index in [1.807, 2.05) is 0 Å². The zero-order valence-electron chi connectivity index (χ0n) is 13.8. The first kappa shape index (κ1) is 16.8. The smallest absolute Gasteiger partial charge is 0.231 e. The predicted molar refractivity (Wildman–Crippen MR) is 87.0 cm³/mol. The van der Waals surface area contributed by atoms with Crippen molar-refractivity contribution in [2.24, 2.45) is 17.6 Å². The summed E-state index contributed by atoms with van der Waals surface area (Å²) in [6.45, 7) is 7.16. The third-order valence-corrected chi connectivity index (χ3v) is 5.39. The Morgan fingerprint density at radius 2 is 1.76 bits per heavy atom. The van der Waals surface area contributed by atoms with Gasteiger partial charge in [0.05, 0.1) is 6.54 Å². The maximum Gasteiger partial charge on any atom is 0.231 e. The molecule has 3 N–H and O–H groups in total. The number of carbonyl (C=O) groups excluding carboxylic acids is 1. The second kappa shape index (κ2) is 8.14. The van der Waals surface area contributed by atoms with Gasteiger partial charge >= 0.3 is 0 Å². The second-order valence-corrected chi connectivity index (χ2v) is 7.39. The second-order valence-electron chi connectivity index (χ2n) is 7.39. The molecule has 0 aromatic carbocycles. The third kappa shape index (κ3) is 5.59. The topological polar surface area (TPSA) is 58.4 Å².